The van der Waals surface area contributed by atoms with Crippen LogP contribution in [0.4, 0.5) is 0 Å². The van der Waals surface area contributed by atoms with Crippen LogP contribution in [0, 0.1) is 11.8 Å². The lowest BCUT2D eigenvalue weighted by Gasteiger charge is -2.29. The van der Waals surface area contributed by atoms with Crippen LogP contribution in [-0.2, 0) is 46.2 Å². The first-order valence-corrected chi connectivity index (χ1v) is 15.1. The smallest absolute Gasteiger partial charge is 0.332 e. The molecule has 4 atom stereocenters. The zero-order chi connectivity index (χ0) is 32.5. The maximum Gasteiger partial charge on any atom is 0.332 e. The van der Waals surface area contributed by atoms with Gasteiger partial charge in [-0.3, -0.25) is 19.2 Å². The number of thiophene rings is 1. The third kappa shape index (κ3) is 8.66. The minimum absolute atomic E-state index is 0.0493. The number of nitrogens with one attached hydrogen (secondary N) is 1. The molecular weight excluding hydrogens is 604 g/mol. The topological polar surface area (TPSA) is 156 Å². The Balaban J connectivity index is 1.57. The molecule has 0 aliphatic carbocycles. The van der Waals surface area contributed by atoms with E-state index in [1.807, 2.05) is 23.6 Å². The molecule has 0 saturated carbocycles. The molecule has 4 rings (SSSR count). The Morgan fingerprint density at radius 3 is 2.49 bits per heavy atom. The second-order valence-corrected chi connectivity index (χ2v) is 11.6. The maximum absolute atomic E-state index is 13.5. The molecule has 1 aromatic carbocycles. The van der Waals surface area contributed by atoms with Gasteiger partial charge in [-0.15, -0.1) is 11.3 Å². The average molecular weight is 639 g/mol. The Bertz CT molecular complexity index is 1510. The van der Waals surface area contributed by atoms with E-state index in [2.05, 4.69) is 10.3 Å². The molecule has 238 valence electrons. The number of cyclic esters (lactones) is 2. The number of benzene rings is 1. The fourth-order valence-electron chi connectivity index (χ4n) is 4.53. The van der Waals surface area contributed by atoms with Crippen LogP contribution in [-0.4, -0.2) is 66.7 Å². The lowest BCUT2D eigenvalue weighted by molar-refractivity contribution is -0.176. The van der Waals surface area contributed by atoms with Gasteiger partial charge < -0.3 is 29.0 Å². The van der Waals surface area contributed by atoms with Gasteiger partial charge in [-0.05, 0) is 30.4 Å². The number of hydrogen-bond donors (Lipinski definition) is 1. The van der Waals surface area contributed by atoms with Crippen molar-refractivity contribution >= 4 is 41.1 Å². The van der Waals surface area contributed by atoms with E-state index in [0.29, 0.717) is 0 Å². The van der Waals surface area contributed by atoms with Gasteiger partial charge in [0.15, 0.2) is 23.6 Å². The van der Waals surface area contributed by atoms with Gasteiger partial charge in [-0.1, -0.05) is 50.2 Å². The minimum atomic E-state index is -1.47. The van der Waals surface area contributed by atoms with Crippen LogP contribution in [0.5, 0.6) is 11.5 Å². The van der Waals surface area contributed by atoms with Crippen LogP contribution in [0.25, 0.3) is 0 Å². The summed E-state index contributed by atoms with van der Waals surface area (Å²) in [7, 11) is 1.33. The number of carbonyl (C=O) groups excluding carboxylic acids is 5. The third-order valence-corrected chi connectivity index (χ3v) is 7.76. The highest BCUT2D eigenvalue weighted by atomic mass is 32.1. The van der Waals surface area contributed by atoms with E-state index in [9.17, 15) is 24.0 Å². The first-order valence-electron chi connectivity index (χ1n) is 14.3. The number of aromatic nitrogens is 1. The normalized spacial score (nSPS) is 20.1. The zero-order valence-electron chi connectivity index (χ0n) is 25.2. The van der Waals surface area contributed by atoms with Crippen molar-refractivity contribution in [2.75, 3.05) is 13.7 Å². The Hall–Kier alpha value is -4.78. The molecule has 1 saturated heterocycles. The van der Waals surface area contributed by atoms with Crippen LogP contribution in [0.1, 0.15) is 41.7 Å². The molecule has 13 heteroatoms. The minimum Gasteiger partial charge on any atom is -0.493 e. The fraction of sp³-hybridized carbons (Fsp3) is 0.375. The van der Waals surface area contributed by atoms with Crippen molar-refractivity contribution in [3.05, 3.63) is 76.2 Å². The first-order chi connectivity index (χ1) is 21.6. The second-order valence-electron chi connectivity index (χ2n) is 10.6. The lowest BCUT2D eigenvalue weighted by Crippen LogP contribution is -2.47. The van der Waals surface area contributed by atoms with Gasteiger partial charge in [0.1, 0.15) is 18.6 Å². The number of rotatable bonds is 10. The highest BCUT2D eigenvalue weighted by Crippen LogP contribution is 2.30. The van der Waals surface area contributed by atoms with Crippen LogP contribution in [0.3, 0.4) is 0 Å². The van der Waals surface area contributed by atoms with E-state index in [1.165, 1.54) is 37.6 Å². The van der Waals surface area contributed by atoms with E-state index >= 15 is 0 Å². The molecule has 12 nitrogen and oxygen atoms in total. The largest absolute Gasteiger partial charge is 0.493 e. The van der Waals surface area contributed by atoms with E-state index in [1.54, 1.807) is 38.1 Å². The summed E-state index contributed by atoms with van der Waals surface area (Å²) in [6.07, 6.45) is -0.881. The standard InChI is InChI=1S/C32H34N2O10S/c1-18(2)30(37)44-27-19(3)42-32(39)23(17-41-31(38)22(27)15-20-9-6-5-7-10-20)34-29(36)26-28(24(40-4)12-13-33-26)43-25(35)16-21-11-8-14-45-21/h5-14,18-19,22-23,27H,15-17H2,1-4H3,(H,34,36)/t19-,22+,23-,27?/m0/s1. The van der Waals surface area contributed by atoms with Gasteiger partial charge in [-0.25, -0.2) is 9.78 Å². The summed E-state index contributed by atoms with van der Waals surface area (Å²) < 4.78 is 27.6. The molecule has 3 heterocycles. The predicted molar refractivity (Wildman–Crippen MR) is 161 cm³/mol. The molecule has 3 aromatic rings. The second kappa shape index (κ2) is 15.3. The number of pyridine rings is 1. The molecule has 1 aliphatic heterocycles. The highest BCUT2D eigenvalue weighted by molar-refractivity contribution is 7.10. The number of hydrogen-bond acceptors (Lipinski definition) is 12. The van der Waals surface area contributed by atoms with Crippen molar-refractivity contribution in [3.8, 4) is 11.5 Å². The van der Waals surface area contributed by atoms with Crippen LogP contribution < -0.4 is 14.8 Å². The van der Waals surface area contributed by atoms with Crippen molar-refractivity contribution in [2.24, 2.45) is 11.8 Å². The molecular formula is C32H34N2O10S. The highest BCUT2D eigenvalue weighted by Gasteiger charge is 2.42. The van der Waals surface area contributed by atoms with Crippen molar-refractivity contribution in [2.45, 2.75) is 51.9 Å². The summed E-state index contributed by atoms with van der Waals surface area (Å²) in [5.41, 5.74) is 0.435. The first kappa shape index (κ1) is 33.1. The molecule has 45 heavy (non-hydrogen) atoms. The van der Waals surface area contributed by atoms with Gasteiger partial charge in [0.2, 0.25) is 5.75 Å². The van der Waals surface area contributed by atoms with Crippen molar-refractivity contribution in [3.63, 3.8) is 0 Å². The summed E-state index contributed by atoms with van der Waals surface area (Å²) >= 11 is 1.37. The zero-order valence-corrected chi connectivity index (χ0v) is 26.0. The number of esters is 4. The van der Waals surface area contributed by atoms with Gasteiger partial charge in [0.05, 0.1) is 19.4 Å². The lowest BCUT2D eigenvalue weighted by atomic mass is 9.91. The van der Waals surface area contributed by atoms with Gasteiger partial charge in [-0.2, -0.15) is 0 Å². The number of nitrogens with zero attached hydrogens (tertiary/aromatic N) is 1. The average Bonchev–Trinajstić information content (AvgIpc) is 3.54. The molecule has 2 aromatic heterocycles. The van der Waals surface area contributed by atoms with Crippen molar-refractivity contribution < 1.29 is 47.7 Å². The Morgan fingerprint density at radius 2 is 1.82 bits per heavy atom. The summed E-state index contributed by atoms with van der Waals surface area (Å²) in [6.45, 7) is 4.21. The maximum atomic E-state index is 13.5. The number of methoxy groups -OCH3 is 1. The fourth-order valence-corrected chi connectivity index (χ4v) is 5.22. The Morgan fingerprint density at radius 1 is 1.07 bits per heavy atom. The summed E-state index contributed by atoms with van der Waals surface area (Å²) in [5, 5.41) is 4.28. The van der Waals surface area contributed by atoms with Crippen molar-refractivity contribution in [1.82, 2.24) is 10.3 Å². The predicted octanol–water partition coefficient (Wildman–Crippen LogP) is 3.31. The molecule has 1 N–H and O–H groups in total. The third-order valence-electron chi connectivity index (χ3n) is 6.89. The SMILES string of the molecule is COc1ccnc(C(=O)N[C@H]2COC(=O)[C@H](Cc3ccccc3)C(OC(=O)C(C)C)[C@H](C)OC2=O)c1OC(=O)Cc1cccs1. The van der Waals surface area contributed by atoms with Crippen LogP contribution in [0.2, 0.25) is 0 Å². The molecule has 1 fully saturated rings. The number of amides is 1. The summed E-state index contributed by atoms with van der Waals surface area (Å²) in [6, 6.07) is 12.6. The molecule has 1 unspecified atom stereocenters. The van der Waals surface area contributed by atoms with Crippen LogP contribution in [0.15, 0.2) is 60.1 Å². The Kier molecular flexibility index (Phi) is 11.3. The van der Waals surface area contributed by atoms with E-state index in [4.69, 9.17) is 23.7 Å². The van der Waals surface area contributed by atoms with E-state index in [0.717, 1.165) is 10.4 Å². The number of ether oxygens (including phenoxy) is 5. The van der Waals surface area contributed by atoms with Gasteiger partial charge >= 0.3 is 23.9 Å². The van der Waals surface area contributed by atoms with E-state index < -0.39 is 66.5 Å². The number of carbonyl (C=O) groups is 5. The van der Waals surface area contributed by atoms with Crippen molar-refractivity contribution in [1.29, 1.82) is 0 Å². The summed E-state index contributed by atoms with van der Waals surface area (Å²) in [5.74, 6) is -5.54. The van der Waals surface area contributed by atoms with Gasteiger partial charge in [0, 0.05) is 17.1 Å². The molecule has 0 radical (unpaired) electrons. The molecule has 0 spiro atoms. The molecule has 1 aliphatic rings. The summed E-state index contributed by atoms with van der Waals surface area (Å²) in [4.78, 5) is 70.3. The molecule has 1 amide bonds. The van der Waals surface area contributed by atoms with Gasteiger partial charge in [0.25, 0.3) is 5.91 Å². The van der Waals surface area contributed by atoms with E-state index in [-0.39, 0.29) is 30.0 Å². The van der Waals surface area contributed by atoms with Crippen LogP contribution >= 0.6 is 11.3 Å². The Labute approximate surface area is 264 Å². The molecule has 0 bridgehead atoms. The quantitative estimate of drug-likeness (QED) is 0.257. The monoisotopic (exact) mass is 638 g/mol.